The number of fused-ring (bicyclic) bond motifs is 1. The number of hydrogen-bond acceptors (Lipinski definition) is 3. The van der Waals surface area contributed by atoms with Crippen molar-refractivity contribution in [1.29, 1.82) is 0 Å². The molecule has 2 aliphatic rings. The lowest BCUT2D eigenvalue weighted by atomic mass is 9.94. The lowest BCUT2D eigenvalue weighted by Crippen LogP contribution is -2.42. The fourth-order valence-electron chi connectivity index (χ4n) is 3.02. The molecule has 126 valence electrons. The highest BCUT2D eigenvalue weighted by molar-refractivity contribution is 7.85. The molecule has 0 spiro atoms. The van der Waals surface area contributed by atoms with E-state index >= 15 is 0 Å². The number of rotatable bonds is 4. The molecule has 3 atom stereocenters. The minimum Gasteiger partial charge on any atom is -0.251 e. The summed E-state index contributed by atoms with van der Waals surface area (Å²) in [4.78, 5) is 4.03. The summed E-state index contributed by atoms with van der Waals surface area (Å²) in [6.07, 6.45) is 3.69. The molecule has 1 aliphatic carbocycles. The molecule has 1 aromatic heterocycles. The molecular weight excluding hydrogens is 327 g/mol. The van der Waals surface area contributed by atoms with Crippen molar-refractivity contribution in [3.63, 3.8) is 0 Å². The Hall–Kier alpha value is -1.44. The van der Waals surface area contributed by atoms with Crippen LogP contribution in [0.2, 0.25) is 0 Å². The smallest absolute Gasteiger partial charge is 0.250 e. The summed E-state index contributed by atoms with van der Waals surface area (Å²) in [6.45, 7) is 3.72. The maximum absolute atomic E-state index is 14.2. The summed E-state index contributed by atoms with van der Waals surface area (Å²) < 4.78 is 53.8. The molecule has 3 rings (SSSR count). The third-order valence-corrected chi connectivity index (χ3v) is 5.73. The zero-order chi connectivity index (χ0) is 16.8. The summed E-state index contributed by atoms with van der Waals surface area (Å²) >= 11 is 0. The van der Waals surface area contributed by atoms with Crippen molar-refractivity contribution in [2.24, 2.45) is 0 Å². The molecule has 8 heteroatoms. The first kappa shape index (κ1) is 16.4. The Labute approximate surface area is 134 Å². The van der Waals surface area contributed by atoms with E-state index in [1.807, 2.05) is 32.1 Å². The van der Waals surface area contributed by atoms with Crippen LogP contribution in [0.5, 0.6) is 0 Å². The monoisotopic (exact) mass is 345 g/mol. The van der Waals surface area contributed by atoms with Crippen molar-refractivity contribution >= 4 is 10.8 Å². The van der Waals surface area contributed by atoms with Gasteiger partial charge in [0.1, 0.15) is 0 Å². The van der Waals surface area contributed by atoms with E-state index in [-0.39, 0.29) is 23.4 Å². The average molecular weight is 345 g/mol. The Morgan fingerprint density at radius 3 is 2.65 bits per heavy atom. The highest BCUT2D eigenvalue weighted by Gasteiger charge is 2.49. The van der Waals surface area contributed by atoms with Crippen molar-refractivity contribution < 1.29 is 17.4 Å². The SMILES string of the molecule is C/C=C\C(=C/C)[C@@H]1C[C@H](F)c2nc(S(=O)C3CC(F)(F)C3)nn21. The Balaban J connectivity index is 1.86. The predicted molar refractivity (Wildman–Crippen MR) is 80.5 cm³/mol. The number of allylic oxidation sites excluding steroid dienone is 4. The molecule has 0 saturated heterocycles. The van der Waals surface area contributed by atoms with Crippen LogP contribution in [0.1, 0.15) is 51.1 Å². The van der Waals surface area contributed by atoms with Gasteiger partial charge in [0, 0.05) is 19.3 Å². The van der Waals surface area contributed by atoms with Gasteiger partial charge in [0.15, 0.2) is 12.0 Å². The maximum atomic E-state index is 14.2. The van der Waals surface area contributed by atoms with E-state index < -0.39 is 41.0 Å². The van der Waals surface area contributed by atoms with Gasteiger partial charge in [-0.25, -0.2) is 22.8 Å². The standard InChI is InChI=1S/C15H18F3N3OS/c1-3-5-9(4-2)12-6-11(16)13-19-14(20-21(12)13)23(22)10-7-15(17,18)8-10/h3-5,10-12H,6-8H2,1-2H3/b5-3-,9-4+/t11-,12-,23?/m0/s1. The summed E-state index contributed by atoms with van der Waals surface area (Å²) in [5.74, 6) is -2.62. The second-order valence-corrected chi connectivity index (χ2v) is 7.52. The number of hydrogen-bond donors (Lipinski definition) is 0. The summed E-state index contributed by atoms with van der Waals surface area (Å²) in [5.41, 5.74) is 0.895. The first-order valence-electron chi connectivity index (χ1n) is 7.54. The molecule has 1 unspecified atom stereocenters. The third kappa shape index (κ3) is 2.88. The first-order valence-corrected chi connectivity index (χ1v) is 8.75. The van der Waals surface area contributed by atoms with E-state index in [2.05, 4.69) is 10.1 Å². The van der Waals surface area contributed by atoms with E-state index in [1.165, 1.54) is 4.68 Å². The minimum atomic E-state index is -2.75. The Morgan fingerprint density at radius 2 is 2.09 bits per heavy atom. The number of halogens is 3. The van der Waals surface area contributed by atoms with Gasteiger partial charge in [0.05, 0.1) is 22.1 Å². The van der Waals surface area contributed by atoms with Crippen molar-refractivity contribution in [2.75, 3.05) is 0 Å². The number of alkyl halides is 3. The average Bonchev–Trinajstić information content (AvgIpc) is 3.03. The Bertz CT molecular complexity index is 690. The maximum Gasteiger partial charge on any atom is 0.250 e. The molecule has 23 heavy (non-hydrogen) atoms. The molecule has 0 bridgehead atoms. The van der Waals surface area contributed by atoms with Crippen LogP contribution in [-0.4, -0.2) is 30.1 Å². The molecule has 1 fully saturated rings. The van der Waals surface area contributed by atoms with Gasteiger partial charge in [-0.3, -0.25) is 4.21 Å². The lowest BCUT2D eigenvalue weighted by molar-refractivity contribution is -0.0677. The van der Waals surface area contributed by atoms with Crippen LogP contribution in [0.25, 0.3) is 0 Å². The molecule has 0 aromatic carbocycles. The van der Waals surface area contributed by atoms with Crippen LogP contribution < -0.4 is 0 Å². The normalized spacial score (nSPS) is 28.8. The molecule has 0 amide bonds. The van der Waals surface area contributed by atoms with Gasteiger partial charge in [-0.15, -0.1) is 5.10 Å². The van der Waals surface area contributed by atoms with Crippen LogP contribution in [0, 0.1) is 0 Å². The quantitative estimate of drug-likeness (QED) is 0.783. The highest BCUT2D eigenvalue weighted by atomic mass is 32.2. The first-order chi connectivity index (χ1) is 10.9. The van der Waals surface area contributed by atoms with Gasteiger partial charge in [-0.2, -0.15) is 0 Å². The molecule has 1 aromatic rings. The van der Waals surface area contributed by atoms with Gasteiger partial charge in [-0.05, 0) is 19.4 Å². The Morgan fingerprint density at radius 1 is 1.39 bits per heavy atom. The second-order valence-electron chi connectivity index (χ2n) is 5.89. The van der Waals surface area contributed by atoms with Gasteiger partial charge in [-0.1, -0.05) is 18.2 Å². The second kappa shape index (κ2) is 5.89. The van der Waals surface area contributed by atoms with Crippen molar-refractivity contribution in [3.05, 3.63) is 29.6 Å². The van der Waals surface area contributed by atoms with Gasteiger partial charge >= 0.3 is 0 Å². The number of aromatic nitrogens is 3. The van der Waals surface area contributed by atoms with Crippen molar-refractivity contribution in [2.45, 2.75) is 61.7 Å². The van der Waals surface area contributed by atoms with Crippen LogP contribution >= 0.6 is 0 Å². The number of nitrogens with zero attached hydrogens (tertiary/aromatic N) is 3. The van der Waals surface area contributed by atoms with Gasteiger partial charge in [0.25, 0.3) is 5.92 Å². The molecule has 0 radical (unpaired) electrons. The van der Waals surface area contributed by atoms with E-state index in [9.17, 15) is 17.4 Å². The van der Waals surface area contributed by atoms with E-state index in [0.717, 1.165) is 5.57 Å². The van der Waals surface area contributed by atoms with Gasteiger partial charge < -0.3 is 0 Å². The third-order valence-electron chi connectivity index (χ3n) is 4.26. The largest absolute Gasteiger partial charge is 0.251 e. The van der Waals surface area contributed by atoms with Crippen LogP contribution in [0.4, 0.5) is 13.2 Å². The molecular formula is C15H18F3N3OS. The van der Waals surface area contributed by atoms with Crippen LogP contribution in [-0.2, 0) is 10.8 Å². The molecule has 2 heterocycles. The van der Waals surface area contributed by atoms with Gasteiger partial charge in [0.2, 0.25) is 5.16 Å². The molecule has 1 aliphatic heterocycles. The predicted octanol–water partition coefficient (Wildman–Crippen LogP) is 3.66. The van der Waals surface area contributed by atoms with Crippen LogP contribution in [0.3, 0.4) is 0 Å². The summed E-state index contributed by atoms with van der Waals surface area (Å²) in [6, 6.07) is -0.303. The zero-order valence-corrected chi connectivity index (χ0v) is 13.7. The molecule has 0 N–H and O–H groups in total. The van der Waals surface area contributed by atoms with Crippen LogP contribution in [0.15, 0.2) is 29.0 Å². The summed E-state index contributed by atoms with van der Waals surface area (Å²) in [5, 5.41) is 3.48. The highest BCUT2D eigenvalue weighted by Crippen LogP contribution is 2.43. The topological polar surface area (TPSA) is 47.8 Å². The Kier molecular flexibility index (Phi) is 4.20. The minimum absolute atomic E-state index is 0.0382. The lowest BCUT2D eigenvalue weighted by Gasteiger charge is -2.33. The van der Waals surface area contributed by atoms with Crippen molar-refractivity contribution in [1.82, 2.24) is 14.8 Å². The molecule has 1 saturated carbocycles. The van der Waals surface area contributed by atoms with Crippen molar-refractivity contribution in [3.8, 4) is 0 Å². The van der Waals surface area contributed by atoms with E-state index in [1.54, 1.807) is 0 Å². The molecule has 4 nitrogen and oxygen atoms in total. The summed E-state index contributed by atoms with van der Waals surface area (Å²) in [7, 11) is -1.72. The fourth-order valence-corrected chi connectivity index (χ4v) is 4.46. The van der Waals surface area contributed by atoms with E-state index in [0.29, 0.717) is 0 Å². The zero-order valence-electron chi connectivity index (χ0n) is 12.9. The fraction of sp³-hybridized carbons (Fsp3) is 0.600. The van der Waals surface area contributed by atoms with E-state index in [4.69, 9.17) is 0 Å².